The van der Waals surface area contributed by atoms with Crippen molar-refractivity contribution >= 4 is 23.3 Å². The van der Waals surface area contributed by atoms with Crippen molar-refractivity contribution in [2.24, 2.45) is 0 Å². The number of nitrogens with one attached hydrogen (secondary N) is 1. The molecule has 6 nitrogen and oxygen atoms in total. The van der Waals surface area contributed by atoms with Gasteiger partial charge in [-0.3, -0.25) is 0 Å². The Morgan fingerprint density at radius 3 is 2.60 bits per heavy atom. The van der Waals surface area contributed by atoms with E-state index >= 15 is 0 Å². The van der Waals surface area contributed by atoms with Crippen LogP contribution in [0.5, 0.6) is 0 Å². The van der Waals surface area contributed by atoms with Gasteiger partial charge in [-0.05, 0) is 38.1 Å². The maximum absolute atomic E-state index is 11.5. The Morgan fingerprint density at radius 2 is 2.00 bits per heavy atom. The van der Waals surface area contributed by atoms with Crippen LogP contribution in [-0.4, -0.2) is 22.5 Å². The number of esters is 1. The van der Waals surface area contributed by atoms with Gasteiger partial charge < -0.3 is 15.8 Å². The third-order valence-corrected chi connectivity index (χ3v) is 2.53. The predicted molar refractivity (Wildman–Crippen MR) is 76.9 cm³/mol. The van der Waals surface area contributed by atoms with E-state index in [9.17, 15) is 4.79 Å². The number of benzene rings is 1. The van der Waals surface area contributed by atoms with E-state index in [2.05, 4.69) is 15.3 Å². The number of rotatable bonds is 4. The topological polar surface area (TPSA) is 90.1 Å². The SMILES string of the molecule is CCOC(=O)c1ccc(Nc2cc(N)nc(C)n2)cc1. The molecule has 0 atom stereocenters. The summed E-state index contributed by atoms with van der Waals surface area (Å²) in [4.78, 5) is 19.7. The fourth-order valence-electron chi connectivity index (χ4n) is 1.71. The first-order valence-corrected chi connectivity index (χ1v) is 6.24. The van der Waals surface area contributed by atoms with E-state index in [1.54, 1.807) is 44.2 Å². The fraction of sp³-hybridized carbons (Fsp3) is 0.214. The third-order valence-electron chi connectivity index (χ3n) is 2.53. The Bertz CT molecular complexity index is 591. The third kappa shape index (κ3) is 3.44. The smallest absolute Gasteiger partial charge is 0.338 e. The second kappa shape index (κ2) is 6.01. The first-order chi connectivity index (χ1) is 9.58. The molecule has 1 aromatic carbocycles. The number of carbonyl (C=O) groups excluding carboxylic acids is 1. The van der Waals surface area contributed by atoms with Crippen molar-refractivity contribution in [3.8, 4) is 0 Å². The van der Waals surface area contributed by atoms with Crippen molar-refractivity contribution in [1.82, 2.24) is 9.97 Å². The van der Waals surface area contributed by atoms with Gasteiger partial charge in [0.25, 0.3) is 0 Å². The predicted octanol–water partition coefficient (Wildman–Crippen LogP) is 2.29. The molecule has 2 rings (SSSR count). The number of aryl methyl sites for hydroxylation is 1. The van der Waals surface area contributed by atoms with E-state index in [1.807, 2.05) is 0 Å². The van der Waals surface area contributed by atoms with Crippen LogP contribution in [0.1, 0.15) is 23.1 Å². The van der Waals surface area contributed by atoms with Gasteiger partial charge in [0.2, 0.25) is 0 Å². The highest BCUT2D eigenvalue weighted by atomic mass is 16.5. The Morgan fingerprint density at radius 1 is 1.30 bits per heavy atom. The molecular formula is C14H16N4O2. The summed E-state index contributed by atoms with van der Waals surface area (Å²) in [6.07, 6.45) is 0. The minimum atomic E-state index is -0.332. The lowest BCUT2D eigenvalue weighted by molar-refractivity contribution is 0.0526. The fourth-order valence-corrected chi connectivity index (χ4v) is 1.71. The molecule has 0 spiro atoms. The van der Waals surface area contributed by atoms with Crippen LogP contribution in [0.3, 0.4) is 0 Å². The van der Waals surface area contributed by atoms with Gasteiger partial charge >= 0.3 is 5.97 Å². The largest absolute Gasteiger partial charge is 0.462 e. The number of nitrogens with two attached hydrogens (primary N) is 1. The van der Waals surface area contributed by atoms with E-state index < -0.39 is 0 Å². The lowest BCUT2D eigenvalue weighted by Crippen LogP contribution is -2.04. The highest BCUT2D eigenvalue weighted by Crippen LogP contribution is 2.17. The molecule has 0 saturated carbocycles. The van der Waals surface area contributed by atoms with Gasteiger partial charge in [0.15, 0.2) is 0 Å². The molecule has 1 heterocycles. The molecule has 6 heteroatoms. The number of nitrogen functional groups attached to an aromatic ring is 1. The Kier molecular flexibility index (Phi) is 4.14. The molecule has 3 N–H and O–H groups in total. The molecule has 0 unspecified atom stereocenters. The van der Waals surface area contributed by atoms with Crippen molar-refractivity contribution in [3.05, 3.63) is 41.7 Å². The number of ether oxygens (including phenoxy) is 1. The molecule has 0 bridgehead atoms. The van der Waals surface area contributed by atoms with E-state index in [-0.39, 0.29) is 5.97 Å². The molecule has 20 heavy (non-hydrogen) atoms. The average Bonchev–Trinajstić information content (AvgIpc) is 2.38. The molecule has 0 aliphatic rings. The van der Waals surface area contributed by atoms with Gasteiger partial charge in [-0.25, -0.2) is 14.8 Å². The molecule has 0 radical (unpaired) electrons. The van der Waals surface area contributed by atoms with Gasteiger partial charge in [-0.2, -0.15) is 0 Å². The number of anilines is 3. The van der Waals surface area contributed by atoms with Gasteiger partial charge in [0.05, 0.1) is 12.2 Å². The van der Waals surface area contributed by atoms with Crippen molar-refractivity contribution < 1.29 is 9.53 Å². The van der Waals surface area contributed by atoms with Gasteiger partial charge in [-0.1, -0.05) is 0 Å². The standard InChI is InChI=1S/C14H16N4O2/c1-3-20-14(19)10-4-6-11(7-5-10)18-13-8-12(15)16-9(2)17-13/h4-8H,3H2,1-2H3,(H3,15,16,17,18). The molecule has 104 valence electrons. The van der Waals surface area contributed by atoms with Crippen molar-refractivity contribution in [3.63, 3.8) is 0 Å². The van der Waals surface area contributed by atoms with Crippen LogP contribution in [-0.2, 0) is 4.74 Å². The Hall–Kier alpha value is -2.63. The average molecular weight is 272 g/mol. The highest BCUT2D eigenvalue weighted by Gasteiger charge is 2.06. The number of carbonyl (C=O) groups is 1. The molecular weight excluding hydrogens is 256 g/mol. The lowest BCUT2D eigenvalue weighted by atomic mass is 10.2. The maximum atomic E-state index is 11.5. The van der Waals surface area contributed by atoms with E-state index in [0.717, 1.165) is 5.69 Å². The number of hydrogen-bond donors (Lipinski definition) is 2. The van der Waals surface area contributed by atoms with Crippen LogP contribution >= 0.6 is 0 Å². The summed E-state index contributed by atoms with van der Waals surface area (Å²) < 4.78 is 4.92. The van der Waals surface area contributed by atoms with E-state index in [0.29, 0.717) is 29.6 Å². The monoisotopic (exact) mass is 272 g/mol. The first kappa shape index (κ1) is 13.8. The van der Waals surface area contributed by atoms with Crippen LogP contribution in [0.2, 0.25) is 0 Å². The van der Waals surface area contributed by atoms with Crippen molar-refractivity contribution in [2.45, 2.75) is 13.8 Å². The molecule has 2 aromatic rings. The van der Waals surface area contributed by atoms with Crippen LogP contribution in [0.15, 0.2) is 30.3 Å². The first-order valence-electron chi connectivity index (χ1n) is 6.24. The Balaban J connectivity index is 2.12. The Labute approximate surface area is 117 Å². The number of hydrogen-bond acceptors (Lipinski definition) is 6. The van der Waals surface area contributed by atoms with Crippen LogP contribution in [0.4, 0.5) is 17.3 Å². The van der Waals surface area contributed by atoms with Crippen LogP contribution in [0.25, 0.3) is 0 Å². The highest BCUT2D eigenvalue weighted by molar-refractivity contribution is 5.89. The number of aromatic nitrogens is 2. The molecule has 0 amide bonds. The summed E-state index contributed by atoms with van der Waals surface area (Å²) in [5, 5.41) is 3.10. The van der Waals surface area contributed by atoms with Crippen molar-refractivity contribution in [1.29, 1.82) is 0 Å². The second-order valence-corrected chi connectivity index (χ2v) is 4.15. The summed E-state index contributed by atoms with van der Waals surface area (Å²) in [6.45, 7) is 3.90. The summed E-state index contributed by atoms with van der Waals surface area (Å²) in [5.74, 6) is 1.28. The van der Waals surface area contributed by atoms with E-state index in [1.165, 1.54) is 0 Å². The van der Waals surface area contributed by atoms with Gasteiger partial charge in [-0.15, -0.1) is 0 Å². The normalized spacial score (nSPS) is 10.1. The minimum absolute atomic E-state index is 0.332. The molecule has 0 aliphatic carbocycles. The molecule has 1 aromatic heterocycles. The van der Waals surface area contributed by atoms with Crippen LogP contribution < -0.4 is 11.1 Å². The molecule has 0 aliphatic heterocycles. The van der Waals surface area contributed by atoms with Crippen molar-refractivity contribution in [2.75, 3.05) is 17.7 Å². The zero-order valence-electron chi connectivity index (χ0n) is 11.4. The zero-order chi connectivity index (χ0) is 14.5. The summed E-state index contributed by atoms with van der Waals surface area (Å²) in [7, 11) is 0. The quantitative estimate of drug-likeness (QED) is 0.830. The summed E-state index contributed by atoms with van der Waals surface area (Å²) in [6, 6.07) is 8.58. The second-order valence-electron chi connectivity index (χ2n) is 4.15. The molecule has 0 saturated heterocycles. The maximum Gasteiger partial charge on any atom is 0.338 e. The van der Waals surface area contributed by atoms with Gasteiger partial charge in [0.1, 0.15) is 17.5 Å². The van der Waals surface area contributed by atoms with E-state index in [4.69, 9.17) is 10.5 Å². The zero-order valence-corrected chi connectivity index (χ0v) is 11.4. The summed E-state index contributed by atoms with van der Waals surface area (Å²) >= 11 is 0. The van der Waals surface area contributed by atoms with Crippen LogP contribution in [0, 0.1) is 6.92 Å². The summed E-state index contributed by atoms with van der Waals surface area (Å²) in [5.41, 5.74) is 6.97. The lowest BCUT2D eigenvalue weighted by Gasteiger charge is -2.08. The molecule has 0 fully saturated rings. The minimum Gasteiger partial charge on any atom is -0.462 e. The number of nitrogens with zero attached hydrogens (tertiary/aromatic N) is 2. The van der Waals surface area contributed by atoms with Gasteiger partial charge in [0, 0.05) is 11.8 Å².